The number of aliphatic hydroxyl groups is 1. The van der Waals surface area contributed by atoms with Crippen LogP contribution >= 0.6 is 11.3 Å². The first-order valence-electron chi connectivity index (χ1n) is 5.92. The number of piperidine rings is 1. The third-order valence-electron chi connectivity index (χ3n) is 3.19. The number of sulfonamides is 1. The van der Waals surface area contributed by atoms with Gasteiger partial charge in [0.2, 0.25) is 10.0 Å². The Morgan fingerprint density at radius 3 is 2.84 bits per heavy atom. The molecule has 6 nitrogen and oxygen atoms in total. The van der Waals surface area contributed by atoms with Crippen LogP contribution in [-0.4, -0.2) is 48.1 Å². The summed E-state index contributed by atoms with van der Waals surface area (Å²) in [5, 5.41) is 19.8. The molecule has 1 aromatic rings. The van der Waals surface area contributed by atoms with Crippen LogP contribution in [0.4, 0.5) is 0 Å². The van der Waals surface area contributed by atoms with Crippen LogP contribution in [0.3, 0.4) is 0 Å². The van der Waals surface area contributed by atoms with Crippen molar-refractivity contribution in [2.45, 2.75) is 30.2 Å². The Labute approximate surface area is 115 Å². The number of carboxylic acid groups (broad SMARTS) is 1. The maximum Gasteiger partial charge on any atom is 0.347 e. The fourth-order valence-corrected chi connectivity index (χ4v) is 5.18. The first kappa shape index (κ1) is 14.4. The maximum absolute atomic E-state index is 12.5. The average Bonchev–Trinajstić information content (AvgIpc) is 2.88. The van der Waals surface area contributed by atoms with E-state index in [9.17, 15) is 18.3 Å². The zero-order valence-corrected chi connectivity index (χ0v) is 11.8. The highest BCUT2D eigenvalue weighted by atomic mass is 32.2. The van der Waals surface area contributed by atoms with Crippen LogP contribution in [-0.2, 0) is 10.0 Å². The van der Waals surface area contributed by atoms with Gasteiger partial charge in [0.15, 0.2) is 0 Å². The van der Waals surface area contributed by atoms with Crippen molar-refractivity contribution < 1.29 is 23.4 Å². The molecule has 1 unspecified atom stereocenters. The summed E-state index contributed by atoms with van der Waals surface area (Å²) in [6.07, 6.45) is 2.19. The zero-order chi connectivity index (χ0) is 14.0. The average molecular weight is 305 g/mol. The van der Waals surface area contributed by atoms with E-state index in [1.54, 1.807) is 0 Å². The van der Waals surface area contributed by atoms with E-state index in [2.05, 4.69) is 0 Å². The fraction of sp³-hybridized carbons (Fsp3) is 0.545. The highest BCUT2D eigenvalue weighted by molar-refractivity contribution is 7.89. The molecule has 0 amide bonds. The second-order valence-electron chi connectivity index (χ2n) is 4.37. The van der Waals surface area contributed by atoms with Crippen molar-refractivity contribution in [3.8, 4) is 0 Å². The van der Waals surface area contributed by atoms with E-state index in [0.717, 1.165) is 24.2 Å². The van der Waals surface area contributed by atoms with Gasteiger partial charge in [-0.05, 0) is 24.3 Å². The van der Waals surface area contributed by atoms with Gasteiger partial charge in [-0.15, -0.1) is 11.3 Å². The summed E-state index contributed by atoms with van der Waals surface area (Å²) in [6, 6.07) is 0.854. The van der Waals surface area contributed by atoms with Crippen molar-refractivity contribution >= 4 is 27.3 Å². The molecule has 0 spiro atoms. The third kappa shape index (κ3) is 2.66. The van der Waals surface area contributed by atoms with Gasteiger partial charge in [-0.25, -0.2) is 13.2 Å². The number of carbonyl (C=O) groups is 1. The monoisotopic (exact) mass is 305 g/mol. The van der Waals surface area contributed by atoms with Crippen molar-refractivity contribution in [2.75, 3.05) is 13.2 Å². The van der Waals surface area contributed by atoms with Gasteiger partial charge in [-0.3, -0.25) is 0 Å². The number of hydrogen-bond donors (Lipinski definition) is 2. The number of hydrogen-bond acceptors (Lipinski definition) is 5. The van der Waals surface area contributed by atoms with Gasteiger partial charge in [-0.2, -0.15) is 4.31 Å². The Balaban J connectivity index is 2.41. The van der Waals surface area contributed by atoms with E-state index >= 15 is 0 Å². The molecule has 19 heavy (non-hydrogen) atoms. The molecule has 0 bridgehead atoms. The Morgan fingerprint density at radius 2 is 2.21 bits per heavy atom. The third-order valence-corrected chi connectivity index (χ3v) is 6.22. The molecule has 0 aromatic carbocycles. The van der Waals surface area contributed by atoms with Gasteiger partial charge in [0.25, 0.3) is 0 Å². The normalized spacial score (nSPS) is 21.4. The number of carboxylic acids is 1. The summed E-state index contributed by atoms with van der Waals surface area (Å²) < 4.78 is 26.2. The number of thiophene rings is 1. The van der Waals surface area contributed by atoms with Gasteiger partial charge in [0.1, 0.15) is 9.77 Å². The minimum atomic E-state index is -3.85. The second-order valence-corrected chi connectivity index (χ2v) is 7.14. The molecule has 106 valence electrons. The Hall–Kier alpha value is -0.960. The van der Waals surface area contributed by atoms with Crippen molar-refractivity contribution in [1.29, 1.82) is 0 Å². The van der Waals surface area contributed by atoms with Crippen LogP contribution in [0.2, 0.25) is 0 Å². The van der Waals surface area contributed by atoms with Crippen molar-refractivity contribution in [3.63, 3.8) is 0 Å². The van der Waals surface area contributed by atoms with E-state index in [1.165, 1.54) is 15.8 Å². The highest BCUT2D eigenvalue weighted by Crippen LogP contribution is 2.29. The predicted octanol–water partition coefficient (Wildman–Crippen LogP) is 0.982. The maximum atomic E-state index is 12.5. The molecule has 0 aliphatic carbocycles. The highest BCUT2D eigenvalue weighted by Gasteiger charge is 2.35. The predicted molar refractivity (Wildman–Crippen MR) is 69.9 cm³/mol. The SMILES string of the molecule is O=C(O)c1sccc1S(=O)(=O)N1CCCCC1CO. The minimum Gasteiger partial charge on any atom is -0.477 e. The van der Waals surface area contributed by atoms with E-state index < -0.39 is 22.0 Å². The minimum absolute atomic E-state index is 0.176. The molecule has 1 aliphatic heterocycles. The lowest BCUT2D eigenvalue weighted by Gasteiger charge is -2.33. The first-order valence-corrected chi connectivity index (χ1v) is 8.24. The van der Waals surface area contributed by atoms with Crippen LogP contribution in [0.5, 0.6) is 0 Å². The van der Waals surface area contributed by atoms with Crippen LogP contribution in [0, 0.1) is 0 Å². The molecule has 1 saturated heterocycles. The smallest absolute Gasteiger partial charge is 0.347 e. The molecule has 0 radical (unpaired) electrons. The summed E-state index contributed by atoms with van der Waals surface area (Å²) in [7, 11) is -3.85. The van der Waals surface area contributed by atoms with Gasteiger partial charge >= 0.3 is 5.97 Å². The van der Waals surface area contributed by atoms with Crippen molar-refractivity contribution in [1.82, 2.24) is 4.31 Å². The lowest BCUT2D eigenvalue weighted by Crippen LogP contribution is -2.45. The lowest BCUT2D eigenvalue weighted by atomic mass is 10.1. The molecular formula is C11H15NO5S2. The van der Waals surface area contributed by atoms with Crippen molar-refractivity contribution in [2.24, 2.45) is 0 Å². The molecule has 2 heterocycles. The number of nitrogens with zero attached hydrogens (tertiary/aromatic N) is 1. The Kier molecular flexibility index (Phi) is 4.24. The molecule has 1 aromatic heterocycles. The topological polar surface area (TPSA) is 94.9 Å². The van der Waals surface area contributed by atoms with Gasteiger partial charge in [0, 0.05) is 12.6 Å². The van der Waals surface area contributed by atoms with E-state index in [1.807, 2.05) is 0 Å². The summed E-state index contributed by atoms with van der Waals surface area (Å²) in [5.41, 5.74) is 0. The largest absolute Gasteiger partial charge is 0.477 e. The zero-order valence-electron chi connectivity index (χ0n) is 10.2. The molecule has 0 saturated carbocycles. The second kappa shape index (κ2) is 5.58. The molecule has 2 N–H and O–H groups in total. The van der Waals surface area contributed by atoms with Gasteiger partial charge in [0.05, 0.1) is 6.61 Å². The molecular weight excluding hydrogens is 290 g/mol. The van der Waals surface area contributed by atoms with Crippen LogP contribution in [0.15, 0.2) is 16.3 Å². The van der Waals surface area contributed by atoms with E-state index in [4.69, 9.17) is 5.11 Å². The van der Waals surface area contributed by atoms with E-state index in [-0.39, 0.29) is 16.4 Å². The van der Waals surface area contributed by atoms with Crippen LogP contribution in [0.25, 0.3) is 0 Å². The number of aliphatic hydroxyl groups excluding tert-OH is 1. The molecule has 8 heteroatoms. The number of rotatable bonds is 4. The van der Waals surface area contributed by atoms with Crippen LogP contribution in [0.1, 0.15) is 28.9 Å². The van der Waals surface area contributed by atoms with Crippen LogP contribution < -0.4 is 0 Å². The van der Waals surface area contributed by atoms with E-state index in [0.29, 0.717) is 13.0 Å². The Bertz CT molecular complexity index is 565. The standard InChI is InChI=1S/C11H15NO5S2/c13-7-8-3-1-2-5-12(8)19(16,17)9-4-6-18-10(9)11(14)15/h4,6,8,13H,1-3,5,7H2,(H,14,15). The lowest BCUT2D eigenvalue weighted by molar-refractivity contribution is 0.0698. The molecule has 2 rings (SSSR count). The van der Waals surface area contributed by atoms with Gasteiger partial charge in [-0.1, -0.05) is 6.42 Å². The summed E-state index contributed by atoms with van der Waals surface area (Å²) in [4.78, 5) is 10.7. The van der Waals surface area contributed by atoms with Crippen molar-refractivity contribution in [3.05, 3.63) is 16.3 Å². The fourth-order valence-electron chi connectivity index (χ4n) is 2.26. The summed E-state index contributed by atoms with van der Waals surface area (Å²) >= 11 is 0.889. The quantitative estimate of drug-likeness (QED) is 0.864. The number of aromatic carboxylic acids is 1. The molecule has 1 aliphatic rings. The summed E-state index contributed by atoms with van der Waals surface area (Å²) in [6.45, 7) is 0.0776. The van der Waals surface area contributed by atoms with Gasteiger partial charge < -0.3 is 10.2 Å². The summed E-state index contributed by atoms with van der Waals surface area (Å²) in [5.74, 6) is -1.24. The Morgan fingerprint density at radius 1 is 1.47 bits per heavy atom. The molecule has 1 fully saturated rings. The first-order chi connectivity index (χ1) is 8.98. The molecule has 1 atom stereocenters.